The van der Waals surface area contributed by atoms with Gasteiger partial charge in [-0.2, -0.15) is 5.10 Å². The number of ether oxygens (including phenoxy) is 1. The molecular formula is C12H13N5O3. The van der Waals surface area contributed by atoms with Gasteiger partial charge in [0.2, 0.25) is 5.91 Å². The maximum atomic E-state index is 12.1. The van der Waals surface area contributed by atoms with Gasteiger partial charge in [0, 0.05) is 20.0 Å². The van der Waals surface area contributed by atoms with Gasteiger partial charge in [-0.05, 0) is 0 Å². The molecule has 3 heterocycles. The van der Waals surface area contributed by atoms with Crippen LogP contribution in [0.25, 0.3) is 11.0 Å². The normalized spacial score (nSPS) is 18.8. The molecule has 0 N–H and O–H groups in total. The predicted octanol–water partition coefficient (Wildman–Crippen LogP) is -0.111. The number of esters is 1. The second-order valence-corrected chi connectivity index (χ2v) is 4.63. The van der Waals surface area contributed by atoms with Crippen LogP contribution < -0.4 is 4.90 Å². The largest absolute Gasteiger partial charge is 0.469 e. The maximum absolute atomic E-state index is 12.1. The number of methoxy groups -OCH3 is 1. The molecule has 3 rings (SSSR count). The Labute approximate surface area is 114 Å². The third kappa shape index (κ3) is 1.80. The molecule has 0 radical (unpaired) electrons. The Kier molecular flexibility index (Phi) is 2.85. The summed E-state index contributed by atoms with van der Waals surface area (Å²) in [5.74, 6) is -0.490. The average Bonchev–Trinajstić information content (AvgIpc) is 3.02. The van der Waals surface area contributed by atoms with Gasteiger partial charge in [0.1, 0.15) is 12.1 Å². The molecule has 1 aliphatic rings. The molecule has 1 amide bonds. The summed E-state index contributed by atoms with van der Waals surface area (Å²) in [5, 5.41) is 4.80. The summed E-state index contributed by atoms with van der Waals surface area (Å²) in [6, 6.07) is 0. The molecule has 8 heteroatoms. The number of rotatable bonds is 2. The zero-order chi connectivity index (χ0) is 14.3. The molecule has 8 nitrogen and oxygen atoms in total. The molecule has 0 bridgehead atoms. The second-order valence-electron chi connectivity index (χ2n) is 4.63. The summed E-state index contributed by atoms with van der Waals surface area (Å²) in [6.07, 6.45) is 3.14. The maximum Gasteiger partial charge on any atom is 0.311 e. The molecule has 0 saturated carbocycles. The van der Waals surface area contributed by atoms with Crippen LogP contribution in [0.1, 0.15) is 6.42 Å². The van der Waals surface area contributed by atoms with Crippen LogP contribution in [0.4, 0.5) is 5.82 Å². The topological polar surface area (TPSA) is 90.2 Å². The van der Waals surface area contributed by atoms with Gasteiger partial charge in [0.25, 0.3) is 0 Å². The van der Waals surface area contributed by atoms with Crippen LogP contribution >= 0.6 is 0 Å². The van der Waals surface area contributed by atoms with Gasteiger partial charge >= 0.3 is 5.97 Å². The van der Waals surface area contributed by atoms with Crippen molar-refractivity contribution in [1.29, 1.82) is 0 Å². The first-order chi connectivity index (χ1) is 9.61. The Hall–Kier alpha value is -2.51. The van der Waals surface area contributed by atoms with Gasteiger partial charge < -0.3 is 4.74 Å². The number of carbonyl (C=O) groups excluding carboxylic acids is 2. The van der Waals surface area contributed by atoms with E-state index in [1.54, 1.807) is 17.9 Å². The van der Waals surface area contributed by atoms with Crippen LogP contribution in [0, 0.1) is 5.92 Å². The zero-order valence-electron chi connectivity index (χ0n) is 11.1. The van der Waals surface area contributed by atoms with Crippen molar-refractivity contribution >= 4 is 28.7 Å². The van der Waals surface area contributed by atoms with Crippen molar-refractivity contribution in [3.63, 3.8) is 0 Å². The lowest BCUT2D eigenvalue weighted by molar-refractivity contribution is -0.145. The zero-order valence-corrected chi connectivity index (χ0v) is 11.1. The van der Waals surface area contributed by atoms with Crippen LogP contribution in [0.2, 0.25) is 0 Å². The Morgan fingerprint density at radius 1 is 1.45 bits per heavy atom. The fourth-order valence-electron chi connectivity index (χ4n) is 2.40. The number of nitrogens with zero attached hydrogens (tertiary/aromatic N) is 5. The SMILES string of the molecule is COC(=O)C1CC(=O)N(c2ncnc3c2cnn3C)C1. The molecule has 1 aliphatic heterocycles. The van der Waals surface area contributed by atoms with E-state index in [0.717, 1.165) is 0 Å². The third-order valence-corrected chi connectivity index (χ3v) is 3.42. The highest BCUT2D eigenvalue weighted by Crippen LogP contribution is 2.28. The molecule has 1 atom stereocenters. The van der Waals surface area contributed by atoms with Gasteiger partial charge in [0.05, 0.1) is 24.6 Å². The van der Waals surface area contributed by atoms with Gasteiger partial charge in [-0.3, -0.25) is 19.2 Å². The van der Waals surface area contributed by atoms with Crippen molar-refractivity contribution in [2.45, 2.75) is 6.42 Å². The molecule has 1 unspecified atom stereocenters. The summed E-state index contributed by atoms with van der Waals surface area (Å²) in [7, 11) is 3.08. The molecule has 2 aromatic heterocycles. The quantitative estimate of drug-likeness (QED) is 0.710. The van der Waals surface area contributed by atoms with E-state index in [-0.39, 0.29) is 24.8 Å². The highest BCUT2D eigenvalue weighted by atomic mass is 16.5. The fraction of sp³-hybridized carbons (Fsp3) is 0.417. The van der Waals surface area contributed by atoms with E-state index in [9.17, 15) is 9.59 Å². The van der Waals surface area contributed by atoms with E-state index in [1.807, 2.05) is 0 Å². The van der Waals surface area contributed by atoms with Crippen LogP contribution in [-0.2, 0) is 21.4 Å². The number of anilines is 1. The lowest BCUT2D eigenvalue weighted by atomic mass is 10.1. The summed E-state index contributed by atoms with van der Waals surface area (Å²) in [4.78, 5) is 33.4. The third-order valence-electron chi connectivity index (χ3n) is 3.42. The number of carbonyl (C=O) groups is 2. The van der Waals surface area contributed by atoms with Crippen LogP contribution in [-0.4, -0.2) is 45.3 Å². The van der Waals surface area contributed by atoms with Crippen LogP contribution in [0.5, 0.6) is 0 Å². The highest BCUT2D eigenvalue weighted by Gasteiger charge is 2.37. The number of hydrogen-bond acceptors (Lipinski definition) is 6. The standard InChI is InChI=1S/C12H13N5O3/c1-16-10-8(4-15-16)11(14-6-13-10)17-5-7(3-9(17)18)12(19)20-2/h4,6-7H,3,5H2,1-2H3. The van der Waals surface area contributed by atoms with E-state index >= 15 is 0 Å². The molecular weight excluding hydrogens is 262 g/mol. The summed E-state index contributed by atoms with van der Waals surface area (Å²) < 4.78 is 6.30. The number of aromatic nitrogens is 4. The summed E-state index contributed by atoms with van der Waals surface area (Å²) in [5.41, 5.74) is 0.643. The number of aryl methyl sites for hydroxylation is 1. The minimum atomic E-state index is -0.450. The van der Waals surface area contributed by atoms with Crippen LogP contribution in [0.3, 0.4) is 0 Å². The van der Waals surface area contributed by atoms with E-state index < -0.39 is 5.92 Å². The minimum absolute atomic E-state index is 0.137. The van der Waals surface area contributed by atoms with E-state index in [2.05, 4.69) is 15.1 Å². The smallest absolute Gasteiger partial charge is 0.311 e. The summed E-state index contributed by atoms with van der Waals surface area (Å²) in [6.45, 7) is 0.270. The van der Waals surface area contributed by atoms with Crippen molar-refractivity contribution in [2.24, 2.45) is 13.0 Å². The first kappa shape index (κ1) is 12.5. The fourth-order valence-corrected chi connectivity index (χ4v) is 2.40. The minimum Gasteiger partial charge on any atom is -0.469 e. The van der Waals surface area contributed by atoms with E-state index in [4.69, 9.17) is 4.74 Å². The molecule has 2 aromatic rings. The first-order valence-corrected chi connectivity index (χ1v) is 6.12. The first-order valence-electron chi connectivity index (χ1n) is 6.12. The molecule has 0 aliphatic carbocycles. The van der Waals surface area contributed by atoms with Gasteiger partial charge in [-0.1, -0.05) is 0 Å². The molecule has 0 aromatic carbocycles. The van der Waals surface area contributed by atoms with Crippen molar-refractivity contribution in [3.05, 3.63) is 12.5 Å². The molecule has 0 spiro atoms. The molecule has 20 heavy (non-hydrogen) atoms. The number of amides is 1. The van der Waals surface area contributed by atoms with Gasteiger partial charge in [0.15, 0.2) is 5.65 Å². The highest BCUT2D eigenvalue weighted by molar-refractivity contribution is 6.03. The van der Waals surface area contributed by atoms with Crippen molar-refractivity contribution < 1.29 is 14.3 Å². The van der Waals surface area contributed by atoms with E-state index in [1.165, 1.54) is 18.3 Å². The Bertz CT molecular complexity index is 695. The monoisotopic (exact) mass is 275 g/mol. The second kappa shape index (κ2) is 4.55. The Balaban J connectivity index is 1.99. The average molecular weight is 275 g/mol. The molecule has 1 saturated heterocycles. The molecule has 104 valence electrons. The molecule has 1 fully saturated rings. The van der Waals surface area contributed by atoms with Gasteiger partial charge in [-0.25, -0.2) is 9.97 Å². The predicted molar refractivity (Wildman–Crippen MR) is 68.8 cm³/mol. The van der Waals surface area contributed by atoms with E-state index in [0.29, 0.717) is 16.9 Å². The number of hydrogen-bond donors (Lipinski definition) is 0. The van der Waals surface area contributed by atoms with Crippen molar-refractivity contribution in [2.75, 3.05) is 18.6 Å². The van der Waals surface area contributed by atoms with Crippen molar-refractivity contribution in [1.82, 2.24) is 19.7 Å². The van der Waals surface area contributed by atoms with Gasteiger partial charge in [-0.15, -0.1) is 0 Å². The van der Waals surface area contributed by atoms with Crippen molar-refractivity contribution in [3.8, 4) is 0 Å². The van der Waals surface area contributed by atoms with Crippen LogP contribution in [0.15, 0.2) is 12.5 Å². The Morgan fingerprint density at radius 2 is 2.25 bits per heavy atom. The number of fused-ring (bicyclic) bond motifs is 1. The Morgan fingerprint density at radius 3 is 3.00 bits per heavy atom. The summed E-state index contributed by atoms with van der Waals surface area (Å²) >= 11 is 0. The lowest BCUT2D eigenvalue weighted by Gasteiger charge is -2.15. The lowest BCUT2D eigenvalue weighted by Crippen LogP contribution is -2.27.